The van der Waals surface area contributed by atoms with Crippen LogP contribution in [0.2, 0.25) is 0 Å². The van der Waals surface area contributed by atoms with Crippen LogP contribution in [0.3, 0.4) is 0 Å². The van der Waals surface area contributed by atoms with Gasteiger partial charge in [-0.05, 0) is 49.2 Å². The first-order chi connectivity index (χ1) is 14.1. The highest BCUT2D eigenvalue weighted by molar-refractivity contribution is 6.01. The molecule has 4 rings (SSSR count). The van der Waals surface area contributed by atoms with Crippen LogP contribution in [0.5, 0.6) is 0 Å². The third-order valence-corrected chi connectivity index (χ3v) is 5.13. The van der Waals surface area contributed by atoms with E-state index in [1.807, 2.05) is 17.1 Å². The van der Waals surface area contributed by atoms with Crippen molar-refractivity contribution in [1.82, 2.24) is 5.01 Å². The number of anilines is 1. The largest absolute Gasteiger partial charge is 0.282 e. The number of nitro benzene ring substituents is 1. The minimum atomic E-state index is -0.387. The van der Waals surface area contributed by atoms with Crippen molar-refractivity contribution in [3.63, 3.8) is 0 Å². The van der Waals surface area contributed by atoms with E-state index in [4.69, 9.17) is 5.26 Å². The molecule has 0 saturated carbocycles. The van der Waals surface area contributed by atoms with E-state index in [2.05, 4.69) is 6.07 Å². The lowest BCUT2D eigenvalue weighted by Crippen LogP contribution is -2.50. The number of hydrazine groups is 1. The molecule has 0 aliphatic carbocycles. The molecule has 1 aliphatic rings. The summed E-state index contributed by atoms with van der Waals surface area (Å²) in [6, 6.07) is 19.0. The number of carbonyl (C=O) groups excluding carboxylic acids is 1. The normalized spacial score (nSPS) is 13.9. The summed E-state index contributed by atoms with van der Waals surface area (Å²) in [6.45, 7) is 1.20. The Morgan fingerprint density at radius 2 is 1.66 bits per heavy atom. The number of hydrogen-bond donors (Lipinski definition) is 0. The van der Waals surface area contributed by atoms with Gasteiger partial charge in [-0.2, -0.15) is 5.26 Å². The highest BCUT2D eigenvalue weighted by atomic mass is 16.6. The second-order valence-corrected chi connectivity index (χ2v) is 6.85. The number of nitrogens with zero attached hydrogens (tertiary/aromatic N) is 4. The summed E-state index contributed by atoms with van der Waals surface area (Å²) < 4.78 is 0. The van der Waals surface area contributed by atoms with E-state index < -0.39 is 0 Å². The predicted octanol–water partition coefficient (Wildman–Crippen LogP) is 4.28. The Hall–Kier alpha value is -3.92. The Kier molecular flexibility index (Phi) is 4.83. The van der Waals surface area contributed by atoms with Gasteiger partial charge in [-0.3, -0.25) is 19.9 Å². The van der Waals surface area contributed by atoms with Crippen molar-refractivity contribution in [3.05, 3.63) is 81.9 Å². The molecule has 7 nitrogen and oxygen atoms in total. The van der Waals surface area contributed by atoms with Gasteiger partial charge < -0.3 is 0 Å². The highest BCUT2D eigenvalue weighted by Gasteiger charge is 2.28. The summed E-state index contributed by atoms with van der Waals surface area (Å²) in [5.41, 5.74) is 1.82. The number of benzene rings is 3. The second-order valence-electron chi connectivity index (χ2n) is 6.85. The Labute approximate surface area is 167 Å². The predicted molar refractivity (Wildman–Crippen MR) is 109 cm³/mol. The maximum absolute atomic E-state index is 13.2. The summed E-state index contributed by atoms with van der Waals surface area (Å²) in [5, 5.41) is 25.3. The number of non-ortho nitro benzene ring substituents is 1. The van der Waals surface area contributed by atoms with Gasteiger partial charge in [0.25, 0.3) is 11.6 Å². The van der Waals surface area contributed by atoms with Crippen LogP contribution in [0, 0.1) is 21.4 Å². The average Bonchev–Trinajstić information content (AvgIpc) is 2.78. The number of carbonyl (C=O) groups is 1. The Balaban J connectivity index is 1.76. The molecular weight excluding hydrogens is 368 g/mol. The number of rotatable bonds is 3. The van der Waals surface area contributed by atoms with Crippen molar-refractivity contribution < 1.29 is 9.72 Å². The Bertz CT molecular complexity index is 1130. The van der Waals surface area contributed by atoms with E-state index >= 15 is 0 Å². The van der Waals surface area contributed by atoms with Crippen LogP contribution in [-0.4, -0.2) is 28.9 Å². The number of amides is 1. The molecule has 0 atom stereocenters. The topological polar surface area (TPSA) is 90.5 Å². The molecule has 0 spiro atoms. The Morgan fingerprint density at radius 3 is 2.34 bits per heavy atom. The quantitative estimate of drug-likeness (QED) is 0.495. The van der Waals surface area contributed by atoms with Crippen LogP contribution in [0.4, 0.5) is 11.4 Å². The van der Waals surface area contributed by atoms with Gasteiger partial charge in [0.2, 0.25) is 0 Å². The summed E-state index contributed by atoms with van der Waals surface area (Å²) in [5.74, 6) is -0.156. The van der Waals surface area contributed by atoms with Crippen LogP contribution in [0.1, 0.15) is 28.8 Å². The van der Waals surface area contributed by atoms with Gasteiger partial charge >= 0.3 is 0 Å². The van der Waals surface area contributed by atoms with E-state index in [1.54, 1.807) is 47.5 Å². The first kappa shape index (κ1) is 18.4. The van der Waals surface area contributed by atoms with Crippen molar-refractivity contribution in [2.45, 2.75) is 12.8 Å². The molecule has 0 bridgehead atoms. The molecule has 0 radical (unpaired) electrons. The fourth-order valence-electron chi connectivity index (χ4n) is 3.71. The van der Waals surface area contributed by atoms with Crippen LogP contribution in [0.15, 0.2) is 60.7 Å². The van der Waals surface area contributed by atoms with E-state index in [1.165, 1.54) is 6.07 Å². The zero-order valence-corrected chi connectivity index (χ0v) is 15.6. The number of fused-ring (bicyclic) bond motifs is 1. The van der Waals surface area contributed by atoms with Gasteiger partial charge in [-0.15, -0.1) is 0 Å². The van der Waals surface area contributed by atoms with Gasteiger partial charge in [0, 0.05) is 30.1 Å². The molecule has 7 heteroatoms. The number of nitriles is 1. The molecule has 29 heavy (non-hydrogen) atoms. The summed E-state index contributed by atoms with van der Waals surface area (Å²) in [6.07, 6.45) is 1.80. The molecular formula is C22H18N4O3. The van der Waals surface area contributed by atoms with E-state index in [0.717, 1.165) is 23.9 Å². The first-order valence-electron chi connectivity index (χ1n) is 9.36. The molecule has 0 aromatic heterocycles. The van der Waals surface area contributed by atoms with Crippen molar-refractivity contribution in [2.75, 3.05) is 18.1 Å². The second kappa shape index (κ2) is 7.60. The fourth-order valence-corrected chi connectivity index (χ4v) is 3.71. The summed E-state index contributed by atoms with van der Waals surface area (Å²) in [7, 11) is 0. The third-order valence-electron chi connectivity index (χ3n) is 5.13. The molecule has 1 fully saturated rings. The van der Waals surface area contributed by atoms with Crippen LogP contribution >= 0.6 is 0 Å². The molecule has 1 amide bonds. The lowest BCUT2D eigenvalue weighted by atomic mass is 10.1. The number of nitro groups is 1. The maximum Gasteiger partial charge on any atom is 0.277 e. The highest BCUT2D eigenvalue weighted by Crippen LogP contribution is 2.35. The third kappa shape index (κ3) is 3.36. The van der Waals surface area contributed by atoms with Gasteiger partial charge in [-0.25, -0.2) is 5.01 Å². The summed E-state index contributed by atoms with van der Waals surface area (Å²) in [4.78, 5) is 24.2. The minimum absolute atomic E-state index is 0.0475. The van der Waals surface area contributed by atoms with Crippen molar-refractivity contribution >= 4 is 28.1 Å². The van der Waals surface area contributed by atoms with Crippen molar-refractivity contribution in [1.29, 1.82) is 5.26 Å². The molecule has 3 aromatic rings. The molecule has 1 aliphatic heterocycles. The van der Waals surface area contributed by atoms with Crippen LogP contribution < -0.4 is 5.01 Å². The summed E-state index contributed by atoms with van der Waals surface area (Å²) >= 11 is 0. The molecule has 1 saturated heterocycles. The van der Waals surface area contributed by atoms with Gasteiger partial charge in [0.1, 0.15) is 0 Å². The zero-order valence-electron chi connectivity index (χ0n) is 15.6. The first-order valence-corrected chi connectivity index (χ1v) is 9.36. The Morgan fingerprint density at radius 1 is 0.966 bits per heavy atom. The minimum Gasteiger partial charge on any atom is -0.282 e. The molecule has 144 valence electrons. The standard InChI is InChI=1S/C22H18N4O3/c23-15-16-7-9-17(10-8-16)22(27)25-14-4-3-13-24(25)20-11-12-21(26(28)29)19-6-2-1-5-18(19)20/h1-2,5-12H,3-4,13-14H2. The van der Waals surface area contributed by atoms with Crippen LogP contribution in [0.25, 0.3) is 10.8 Å². The molecule has 3 aromatic carbocycles. The zero-order chi connectivity index (χ0) is 20.4. The lowest BCUT2D eigenvalue weighted by molar-refractivity contribution is -0.383. The van der Waals surface area contributed by atoms with E-state index in [9.17, 15) is 14.9 Å². The van der Waals surface area contributed by atoms with Crippen LogP contribution in [-0.2, 0) is 0 Å². The smallest absolute Gasteiger partial charge is 0.277 e. The van der Waals surface area contributed by atoms with E-state index in [0.29, 0.717) is 29.6 Å². The maximum atomic E-state index is 13.2. The van der Waals surface area contributed by atoms with Gasteiger partial charge in [0.15, 0.2) is 0 Å². The average molecular weight is 386 g/mol. The van der Waals surface area contributed by atoms with Gasteiger partial charge in [-0.1, -0.05) is 18.2 Å². The molecule has 0 unspecified atom stereocenters. The van der Waals surface area contributed by atoms with E-state index in [-0.39, 0.29) is 16.5 Å². The SMILES string of the molecule is N#Cc1ccc(C(=O)N2CCCCN2c2ccc([N+](=O)[O-])c3ccccc23)cc1. The monoisotopic (exact) mass is 386 g/mol. The fraction of sp³-hybridized carbons (Fsp3) is 0.182. The van der Waals surface area contributed by atoms with Crippen molar-refractivity contribution in [3.8, 4) is 6.07 Å². The number of hydrogen-bond acceptors (Lipinski definition) is 5. The van der Waals surface area contributed by atoms with Crippen molar-refractivity contribution in [2.24, 2.45) is 0 Å². The molecule has 1 heterocycles. The van der Waals surface area contributed by atoms with Gasteiger partial charge in [0.05, 0.1) is 27.6 Å². The lowest BCUT2D eigenvalue weighted by Gasteiger charge is -2.40. The molecule has 0 N–H and O–H groups in total.